The number of aromatic nitrogens is 3. The molecule has 2 fully saturated rings. The van der Waals surface area contributed by atoms with Crippen molar-refractivity contribution in [1.82, 2.24) is 25.4 Å². The Morgan fingerprint density at radius 3 is 2.41 bits per heavy atom. The van der Waals surface area contributed by atoms with Gasteiger partial charge in [-0.3, -0.25) is 14.7 Å². The van der Waals surface area contributed by atoms with E-state index < -0.39 is 11.3 Å². The van der Waals surface area contributed by atoms with Crippen molar-refractivity contribution in [2.45, 2.75) is 75.2 Å². The Morgan fingerprint density at radius 1 is 1.03 bits per heavy atom. The highest BCUT2D eigenvalue weighted by Crippen LogP contribution is 2.30. The molecule has 1 saturated heterocycles. The molecule has 0 bridgehead atoms. The molecule has 3 amide bonds. The molecule has 0 radical (unpaired) electrons. The molecule has 8 nitrogen and oxygen atoms in total. The van der Waals surface area contributed by atoms with Crippen molar-refractivity contribution in [1.29, 1.82) is 0 Å². The summed E-state index contributed by atoms with van der Waals surface area (Å²) in [5.74, 6) is 0.478. The maximum atomic E-state index is 12.7. The molecule has 32 heavy (non-hydrogen) atoms. The molecule has 1 aliphatic heterocycles. The Bertz CT molecular complexity index is 932. The SMILES string of the molecule is Cc1ccc(-n2c(SC(C)C(=O)NC(=O)NC3CCCC3)nnc2N2CCCCC2)cc1. The lowest BCUT2D eigenvalue weighted by Gasteiger charge is -2.28. The van der Waals surface area contributed by atoms with Crippen LogP contribution in [0.2, 0.25) is 0 Å². The van der Waals surface area contributed by atoms with E-state index in [9.17, 15) is 9.59 Å². The van der Waals surface area contributed by atoms with Crippen molar-refractivity contribution in [2.75, 3.05) is 18.0 Å². The second-order valence-corrected chi connectivity index (χ2v) is 10.0. The van der Waals surface area contributed by atoms with Gasteiger partial charge in [0.2, 0.25) is 11.9 Å². The molecule has 0 spiro atoms. The fourth-order valence-electron chi connectivity index (χ4n) is 4.27. The number of piperidine rings is 1. The van der Waals surface area contributed by atoms with E-state index >= 15 is 0 Å². The first-order valence-electron chi connectivity index (χ1n) is 11.6. The van der Waals surface area contributed by atoms with Crippen LogP contribution in [0.3, 0.4) is 0 Å². The predicted octanol–water partition coefficient (Wildman–Crippen LogP) is 3.82. The van der Waals surface area contributed by atoms with E-state index in [1.807, 2.05) is 4.57 Å². The topological polar surface area (TPSA) is 92.2 Å². The second kappa shape index (κ2) is 10.4. The van der Waals surface area contributed by atoms with Crippen molar-refractivity contribution in [3.63, 3.8) is 0 Å². The minimum absolute atomic E-state index is 0.169. The third kappa shape index (κ3) is 5.43. The number of hydrogen-bond acceptors (Lipinski definition) is 6. The van der Waals surface area contributed by atoms with Gasteiger partial charge in [-0.05, 0) is 58.1 Å². The average molecular weight is 457 g/mol. The summed E-state index contributed by atoms with van der Waals surface area (Å²) in [5, 5.41) is 14.5. The lowest BCUT2D eigenvalue weighted by Crippen LogP contribution is -2.45. The molecule has 9 heteroatoms. The number of carbonyl (C=O) groups is 2. The maximum Gasteiger partial charge on any atom is 0.321 e. The van der Waals surface area contributed by atoms with Gasteiger partial charge in [0.15, 0.2) is 5.16 Å². The number of rotatable bonds is 6. The van der Waals surface area contributed by atoms with Gasteiger partial charge in [-0.25, -0.2) is 4.79 Å². The Hall–Kier alpha value is -2.55. The molecule has 172 valence electrons. The fourth-order valence-corrected chi connectivity index (χ4v) is 5.14. The monoisotopic (exact) mass is 456 g/mol. The number of nitrogens with one attached hydrogen (secondary N) is 2. The van der Waals surface area contributed by atoms with Crippen LogP contribution in [0.1, 0.15) is 57.4 Å². The maximum absolute atomic E-state index is 12.7. The highest BCUT2D eigenvalue weighted by atomic mass is 32.2. The molecule has 1 atom stereocenters. The molecule has 2 N–H and O–H groups in total. The third-order valence-electron chi connectivity index (χ3n) is 6.13. The quantitative estimate of drug-likeness (QED) is 0.642. The van der Waals surface area contributed by atoms with Crippen LogP contribution in [-0.4, -0.2) is 51.1 Å². The summed E-state index contributed by atoms with van der Waals surface area (Å²) in [4.78, 5) is 27.1. The van der Waals surface area contributed by atoms with Crippen molar-refractivity contribution < 1.29 is 9.59 Å². The fraction of sp³-hybridized carbons (Fsp3) is 0.565. The van der Waals surface area contributed by atoms with Crippen molar-refractivity contribution in [3.05, 3.63) is 29.8 Å². The predicted molar refractivity (Wildman–Crippen MR) is 126 cm³/mol. The standard InChI is InChI=1S/C23H32N6O2S/c1-16-10-12-19(13-11-16)29-22(28-14-6-3-7-15-28)26-27-23(29)32-17(2)20(30)25-21(31)24-18-8-4-5-9-18/h10-13,17-18H,3-9,14-15H2,1-2H3,(H2,24,25,30,31). The summed E-state index contributed by atoms with van der Waals surface area (Å²) in [6.07, 6.45) is 7.71. The lowest BCUT2D eigenvalue weighted by atomic mass is 10.1. The number of imide groups is 1. The van der Waals surface area contributed by atoms with E-state index in [0.29, 0.717) is 5.16 Å². The number of carbonyl (C=O) groups excluding carboxylic acids is 2. The molecular formula is C23H32N6O2S. The molecule has 1 aromatic carbocycles. The average Bonchev–Trinajstić information content (AvgIpc) is 3.45. The summed E-state index contributed by atoms with van der Waals surface area (Å²) in [6.45, 7) is 5.75. The van der Waals surface area contributed by atoms with E-state index in [2.05, 4.69) is 56.9 Å². The summed E-state index contributed by atoms with van der Waals surface area (Å²) >= 11 is 1.32. The zero-order valence-corrected chi connectivity index (χ0v) is 19.7. The number of hydrogen-bond donors (Lipinski definition) is 2. The van der Waals surface area contributed by atoms with Gasteiger partial charge in [-0.1, -0.05) is 42.3 Å². The van der Waals surface area contributed by atoms with Gasteiger partial charge in [0.05, 0.1) is 10.9 Å². The van der Waals surface area contributed by atoms with Crippen molar-refractivity contribution in [3.8, 4) is 5.69 Å². The third-order valence-corrected chi connectivity index (χ3v) is 7.17. The van der Waals surface area contributed by atoms with Gasteiger partial charge in [0.1, 0.15) is 0 Å². The molecule has 1 aromatic heterocycles. The van der Waals surface area contributed by atoms with Crippen LogP contribution < -0.4 is 15.5 Å². The highest BCUT2D eigenvalue weighted by Gasteiger charge is 2.26. The van der Waals surface area contributed by atoms with Crippen molar-refractivity contribution >= 4 is 29.6 Å². The van der Waals surface area contributed by atoms with Gasteiger partial charge in [0, 0.05) is 19.1 Å². The van der Waals surface area contributed by atoms with E-state index in [-0.39, 0.29) is 11.9 Å². The van der Waals surface area contributed by atoms with Crippen molar-refractivity contribution in [2.24, 2.45) is 0 Å². The first kappa shape index (κ1) is 22.6. The zero-order chi connectivity index (χ0) is 22.5. The van der Waals surface area contributed by atoms with Gasteiger partial charge < -0.3 is 10.2 Å². The molecule has 1 aliphatic carbocycles. The Morgan fingerprint density at radius 2 is 1.72 bits per heavy atom. The highest BCUT2D eigenvalue weighted by molar-refractivity contribution is 8.00. The van der Waals surface area contributed by atoms with Crippen LogP contribution in [0, 0.1) is 6.92 Å². The molecule has 4 rings (SSSR count). The first-order valence-corrected chi connectivity index (χ1v) is 12.4. The van der Waals surface area contributed by atoms with Crippen LogP contribution in [0.25, 0.3) is 5.69 Å². The number of nitrogens with zero attached hydrogens (tertiary/aromatic N) is 4. The largest absolute Gasteiger partial charge is 0.341 e. The number of anilines is 1. The van der Waals surface area contributed by atoms with E-state index in [4.69, 9.17) is 0 Å². The lowest BCUT2D eigenvalue weighted by molar-refractivity contribution is -0.119. The number of thioether (sulfide) groups is 1. The zero-order valence-electron chi connectivity index (χ0n) is 18.8. The smallest absolute Gasteiger partial charge is 0.321 e. The van der Waals surface area contributed by atoms with Gasteiger partial charge in [0.25, 0.3) is 0 Å². The summed E-state index contributed by atoms with van der Waals surface area (Å²) < 4.78 is 2.03. The second-order valence-electron chi connectivity index (χ2n) is 8.71. The van der Waals surface area contributed by atoms with E-state index in [1.165, 1.54) is 23.7 Å². The summed E-state index contributed by atoms with van der Waals surface area (Å²) in [6, 6.07) is 7.98. The molecule has 2 aromatic rings. The Labute approximate surface area is 193 Å². The minimum Gasteiger partial charge on any atom is -0.341 e. The molecule has 2 aliphatic rings. The van der Waals surface area contributed by atoms with Gasteiger partial charge in [-0.2, -0.15) is 0 Å². The van der Waals surface area contributed by atoms with Crippen LogP contribution >= 0.6 is 11.8 Å². The molecule has 1 unspecified atom stereocenters. The van der Waals surface area contributed by atoms with E-state index in [1.54, 1.807) is 6.92 Å². The van der Waals surface area contributed by atoms with Crippen LogP contribution in [0.4, 0.5) is 10.7 Å². The Balaban J connectivity index is 1.49. The first-order chi connectivity index (χ1) is 15.5. The van der Waals surface area contributed by atoms with Crippen LogP contribution in [0.5, 0.6) is 0 Å². The number of benzene rings is 1. The minimum atomic E-state index is -0.494. The number of aryl methyl sites for hydroxylation is 1. The molecule has 1 saturated carbocycles. The van der Waals surface area contributed by atoms with Gasteiger partial charge in [-0.15, -0.1) is 10.2 Å². The summed E-state index contributed by atoms with van der Waals surface area (Å²) in [7, 11) is 0. The number of urea groups is 1. The van der Waals surface area contributed by atoms with Crippen LogP contribution in [-0.2, 0) is 4.79 Å². The van der Waals surface area contributed by atoms with E-state index in [0.717, 1.165) is 63.3 Å². The summed E-state index contributed by atoms with van der Waals surface area (Å²) in [5.41, 5.74) is 2.15. The number of amides is 3. The molecular weight excluding hydrogens is 424 g/mol. The Kier molecular flexibility index (Phi) is 7.34. The van der Waals surface area contributed by atoms with Crippen LogP contribution in [0.15, 0.2) is 29.4 Å². The molecule has 2 heterocycles. The van der Waals surface area contributed by atoms with Gasteiger partial charge >= 0.3 is 6.03 Å². The normalized spacial score (nSPS) is 17.9.